The third-order valence-electron chi connectivity index (χ3n) is 3.72. The summed E-state index contributed by atoms with van der Waals surface area (Å²) in [4.78, 5) is 20.0. The van der Waals surface area contributed by atoms with Gasteiger partial charge in [0.05, 0.1) is 35.5 Å². The highest BCUT2D eigenvalue weighted by molar-refractivity contribution is 5.74. The maximum atomic E-state index is 12.9. The van der Waals surface area contributed by atoms with Crippen LogP contribution >= 0.6 is 0 Å². The monoisotopic (exact) mass is 405 g/mol. The quantitative estimate of drug-likeness (QED) is 0.518. The van der Waals surface area contributed by atoms with E-state index in [4.69, 9.17) is 10.5 Å². The molecule has 29 heavy (non-hydrogen) atoms. The van der Waals surface area contributed by atoms with Gasteiger partial charge in [-0.25, -0.2) is 9.97 Å². The predicted molar refractivity (Wildman–Crippen MR) is 96.1 cm³/mol. The number of nitrogens with zero attached hydrogens (tertiary/aromatic N) is 6. The molecule has 0 amide bonds. The second-order valence-corrected chi connectivity index (χ2v) is 5.66. The number of alkyl halides is 3. The Hall–Kier alpha value is -3.93. The summed E-state index contributed by atoms with van der Waals surface area (Å²) in [6.45, 7) is 0.165. The van der Waals surface area contributed by atoms with Crippen LogP contribution in [0.5, 0.6) is 0 Å². The standard InChI is InChI=1S/C17H14F3N7O2/c18-17(19,20)12-4-1-5-13(10-12)25-15-14(27(28)29)16(24-11-23-15)26(8-2-6-21)9-3-7-22/h1,4-5,10-11H,2-3,8-9H2,(H,23,24,25). The minimum absolute atomic E-state index is 0.0307. The van der Waals surface area contributed by atoms with Gasteiger partial charge in [-0.1, -0.05) is 6.07 Å². The van der Waals surface area contributed by atoms with Crippen molar-refractivity contribution < 1.29 is 18.1 Å². The summed E-state index contributed by atoms with van der Waals surface area (Å²) in [6, 6.07) is 7.95. The van der Waals surface area contributed by atoms with Gasteiger partial charge in [0.1, 0.15) is 6.33 Å². The first kappa shape index (κ1) is 21.4. The summed E-state index contributed by atoms with van der Waals surface area (Å²) >= 11 is 0. The summed E-state index contributed by atoms with van der Waals surface area (Å²) in [5.41, 5.74) is -1.54. The van der Waals surface area contributed by atoms with Crippen molar-refractivity contribution in [3.63, 3.8) is 0 Å². The van der Waals surface area contributed by atoms with E-state index in [1.165, 1.54) is 11.0 Å². The van der Waals surface area contributed by atoms with E-state index in [2.05, 4.69) is 15.3 Å². The molecule has 0 fully saturated rings. The third kappa shape index (κ3) is 5.52. The van der Waals surface area contributed by atoms with Gasteiger partial charge in [0.25, 0.3) is 0 Å². The van der Waals surface area contributed by atoms with Crippen molar-refractivity contribution in [3.8, 4) is 12.1 Å². The van der Waals surface area contributed by atoms with Gasteiger partial charge in [0.15, 0.2) is 0 Å². The minimum atomic E-state index is -4.58. The van der Waals surface area contributed by atoms with Crippen LogP contribution in [0.15, 0.2) is 30.6 Å². The fourth-order valence-electron chi connectivity index (χ4n) is 2.46. The van der Waals surface area contributed by atoms with Crippen molar-refractivity contribution in [2.24, 2.45) is 0 Å². The number of benzene rings is 1. The molecule has 2 rings (SSSR count). The van der Waals surface area contributed by atoms with Crippen LogP contribution in [0.25, 0.3) is 0 Å². The van der Waals surface area contributed by atoms with Crippen LogP contribution in [0, 0.1) is 32.8 Å². The Labute approximate surface area is 163 Å². The fraction of sp³-hybridized carbons (Fsp3) is 0.294. The Kier molecular flexibility index (Phi) is 6.87. The van der Waals surface area contributed by atoms with Crippen LogP contribution in [0.2, 0.25) is 0 Å². The minimum Gasteiger partial charge on any atom is -0.349 e. The number of nitrogens with one attached hydrogen (secondary N) is 1. The molecule has 9 nitrogen and oxygen atoms in total. The molecule has 0 saturated heterocycles. The van der Waals surface area contributed by atoms with E-state index in [-0.39, 0.29) is 43.3 Å². The third-order valence-corrected chi connectivity index (χ3v) is 3.72. The highest BCUT2D eigenvalue weighted by atomic mass is 19.4. The van der Waals surface area contributed by atoms with E-state index < -0.39 is 22.4 Å². The van der Waals surface area contributed by atoms with Gasteiger partial charge >= 0.3 is 11.9 Å². The van der Waals surface area contributed by atoms with E-state index in [0.29, 0.717) is 0 Å². The van der Waals surface area contributed by atoms with Crippen LogP contribution in [0.4, 0.5) is 36.2 Å². The van der Waals surface area contributed by atoms with E-state index in [1.54, 1.807) is 0 Å². The molecule has 0 bridgehead atoms. The number of anilines is 3. The highest BCUT2D eigenvalue weighted by Gasteiger charge is 2.31. The lowest BCUT2D eigenvalue weighted by atomic mass is 10.2. The average Bonchev–Trinajstić information content (AvgIpc) is 2.67. The number of aromatic nitrogens is 2. The van der Waals surface area contributed by atoms with Gasteiger partial charge in [-0.15, -0.1) is 0 Å². The summed E-state index contributed by atoms with van der Waals surface area (Å²) in [6.07, 6.45) is -3.50. The summed E-state index contributed by atoms with van der Waals surface area (Å²) in [5, 5.41) is 31.8. The van der Waals surface area contributed by atoms with Crippen LogP contribution < -0.4 is 10.2 Å². The van der Waals surface area contributed by atoms with Crippen LogP contribution in [-0.2, 0) is 6.18 Å². The Balaban J connectivity index is 2.46. The predicted octanol–water partition coefficient (Wildman–Crippen LogP) is 3.78. The largest absolute Gasteiger partial charge is 0.416 e. The molecule has 0 aliphatic heterocycles. The average molecular weight is 405 g/mol. The van der Waals surface area contributed by atoms with Crippen LogP contribution in [0.1, 0.15) is 18.4 Å². The first-order valence-corrected chi connectivity index (χ1v) is 8.20. The smallest absolute Gasteiger partial charge is 0.349 e. The zero-order chi connectivity index (χ0) is 21.4. The van der Waals surface area contributed by atoms with Crippen molar-refractivity contribution in [2.45, 2.75) is 19.0 Å². The lowest BCUT2D eigenvalue weighted by Gasteiger charge is -2.21. The van der Waals surface area contributed by atoms with Crippen LogP contribution in [0.3, 0.4) is 0 Å². The molecule has 150 valence electrons. The molecule has 0 aliphatic carbocycles. The molecule has 2 aromatic rings. The Morgan fingerprint density at radius 2 is 1.83 bits per heavy atom. The van der Waals surface area contributed by atoms with Crippen molar-refractivity contribution in [3.05, 3.63) is 46.3 Å². The topological polar surface area (TPSA) is 132 Å². The Morgan fingerprint density at radius 3 is 2.38 bits per heavy atom. The number of nitriles is 2. The maximum absolute atomic E-state index is 12.9. The van der Waals surface area contributed by atoms with Gasteiger partial charge in [-0.2, -0.15) is 23.7 Å². The molecule has 1 N–H and O–H groups in total. The van der Waals surface area contributed by atoms with Crippen molar-refractivity contribution >= 4 is 23.0 Å². The number of hydrogen-bond donors (Lipinski definition) is 1. The Morgan fingerprint density at radius 1 is 1.17 bits per heavy atom. The lowest BCUT2D eigenvalue weighted by molar-refractivity contribution is -0.383. The zero-order valence-electron chi connectivity index (χ0n) is 14.8. The maximum Gasteiger partial charge on any atom is 0.416 e. The second-order valence-electron chi connectivity index (χ2n) is 5.66. The van der Waals surface area contributed by atoms with Gasteiger partial charge in [0, 0.05) is 18.8 Å². The summed E-state index contributed by atoms with van der Waals surface area (Å²) in [7, 11) is 0. The number of hydrogen-bond acceptors (Lipinski definition) is 8. The van der Waals surface area contributed by atoms with Crippen LogP contribution in [-0.4, -0.2) is 28.0 Å². The van der Waals surface area contributed by atoms with Gasteiger partial charge in [-0.05, 0) is 18.2 Å². The van der Waals surface area contributed by atoms with E-state index in [1.807, 2.05) is 12.1 Å². The molecule has 0 aliphatic rings. The molecular weight excluding hydrogens is 391 g/mol. The first-order chi connectivity index (χ1) is 13.8. The molecular formula is C17H14F3N7O2. The molecule has 0 unspecified atom stereocenters. The lowest BCUT2D eigenvalue weighted by Crippen LogP contribution is -2.27. The molecule has 1 aromatic carbocycles. The number of halogens is 3. The molecule has 0 spiro atoms. The van der Waals surface area contributed by atoms with E-state index in [9.17, 15) is 23.3 Å². The van der Waals surface area contributed by atoms with Gasteiger partial charge in [-0.3, -0.25) is 10.1 Å². The number of nitro groups is 1. The van der Waals surface area contributed by atoms with E-state index in [0.717, 1.165) is 24.5 Å². The molecule has 1 heterocycles. The molecule has 12 heteroatoms. The Bertz CT molecular complexity index is 949. The fourth-order valence-corrected chi connectivity index (χ4v) is 2.46. The molecule has 1 aromatic heterocycles. The molecule has 0 saturated carbocycles. The SMILES string of the molecule is N#CCCN(CCC#N)c1ncnc(Nc2cccc(C(F)(F)F)c2)c1[N+](=O)[O-]. The second kappa shape index (κ2) is 9.32. The highest BCUT2D eigenvalue weighted by Crippen LogP contribution is 2.35. The van der Waals surface area contributed by atoms with Gasteiger partial charge < -0.3 is 10.2 Å². The van der Waals surface area contributed by atoms with Gasteiger partial charge in [0.2, 0.25) is 11.6 Å². The summed E-state index contributed by atoms with van der Waals surface area (Å²) < 4.78 is 38.7. The van der Waals surface area contributed by atoms with Crippen molar-refractivity contribution in [1.82, 2.24) is 9.97 Å². The number of rotatable bonds is 8. The summed E-state index contributed by atoms with van der Waals surface area (Å²) in [5.74, 6) is -0.441. The molecule has 0 atom stereocenters. The van der Waals surface area contributed by atoms with Crippen molar-refractivity contribution in [2.75, 3.05) is 23.3 Å². The van der Waals surface area contributed by atoms with Crippen molar-refractivity contribution in [1.29, 1.82) is 10.5 Å². The van der Waals surface area contributed by atoms with E-state index >= 15 is 0 Å². The first-order valence-electron chi connectivity index (χ1n) is 8.20. The molecule has 0 radical (unpaired) electrons. The zero-order valence-corrected chi connectivity index (χ0v) is 14.8. The normalized spacial score (nSPS) is 10.7.